The fraction of sp³-hybridized carbons (Fsp3) is 0.909. The minimum atomic E-state index is -4.35. The number of thiocarbonyl (C=S) groups is 1. The van der Waals surface area contributed by atoms with Gasteiger partial charge in [-0.05, 0) is 31.8 Å². The van der Waals surface area contributed by atoms with E-state index in [1.807, 2.05) is 0 Å². The second kappa shape index (κ2) is 6.68. The van der Waals surface area contributed by atoms with Gasteiger partial charge in [0.25, 0.3) is 0 Å². The predicted molar refractivity (Wildman–Crippen MR) is 67.4 cm³/mol. The third-order valence-electron chi connectivity index (χ3n) is 3.29. The number of hydrogen-bond donors (Lipinski definition) is 1. The number of nitrogens with two attached hydrogens (primary N) is 1. The highest BCUT2D eigenvalue weighted by molar-refractivity contribution is 7.80. The molecule has 1 atom stereocenters. The van der Waals surface area contributed by atoms with Crippen LogP contribution in [0.5, 0.6) is 0 Å². The zero-order valence-electron chi connectivity index (χ0n) is 10.4. The molecular formula is C11H19F3N2OS. The standard InChI is InChI=1S/C11H19F3N2OS/c1-17-7-8-2-4-16(5-3-8)6-9(10(15)18)11(12,13)14/h8-9H,2-7H2,1H3,(H2,15,18). The van der Waals surface area contributed by atoms with Gasteiger partial charge in [0.2, 0.25) is 0 Å². The largest absolute Gasteiger partial charge is 0.399 e. The van der Waals surface area contributed by atoms with Gasteiger partial charge in [-0.2, -0.15) is 13.2 Å². The number of halogens is 3. The Morgan fingerprint density at radius 2 is 2.00 bits per heavy atom. The molecule has 0 radical (unpaired) electrons. The third kappa shape index (κ3) is 4.70. The van der Waals surface area contributed by atoms with Gasteiger partial charge in [-0.25, -0.2) is 0 Å². The SMILES string of the molecule is COCC1CCN(CC(C(N)=S)C(F)(F)F)CC1. The van der Waals surface area contributed by atoms with E-state index in [9.17, 15) is 13.2 Å². The average molecular weight is 284 g/mol. The van der Waals surface area contributed by atoms with Gasteiger partial charge in [0.1, 0.15) is 5.92 Å². The van der Waals surface area contributed by atoms with E-state index >= 15 is 0 Å². The molecular weight excluding hydrogens is 265 g/mol. The molecule has 0 aromatic heterocycles. The molecule has 1 aliphatic rings. The molecule has 0 spiro atoms. The topological polar surface area (TPSA) is 38.5 Å². The Morgan fingerprint density at radius 3 is 2.39 bits per heavy atom. The molecule has 3 nitrogen and oxygen atoms in total. The Hall–Kier alpha value is -0.400. The first-order chi connectivity index (χ1) is 8.34. The van der Waals surface area contributed by atoms with Crippen molar-refractivity contribution in [3.8, 4) is 0 Å². The maximum atomic E-state index is 12.7. The van der Waals surface area contributed by atoms with E-state index in [1.165, 1.54) is 0 Å². The van der Waals surface area contributed by atoms with Crippen LogP contribution in [-0.2, 0) is 4.74 Å². The first-order valence-corrected chi connectivity index (χ1v) is 6.32. The number of likely N-dealkylation sites (tertiary alicyclic amines) is 1. The normalized spacial score (nSPS) is 20.9. The van der Waals surface area contributed by atoms with Crippen molar-refractivity contribution in [3.05, 3.63) is 0 Å². The molecule has 0 aromatic carbocycles. The van der Waals surface area contributed by atoms with E-state index in [1.54, 1.807) is 12.0 Å². The molecule has 0 aromatic rings. The number of ether oxygens (including phenoxy) is 1. The van der Waals surface area contributed by atoms with Crippen molar-refractivity contribution in [1.82, 2.24) is 4.90 Å². The molecule has 1 saturated heterocycles. The Kier molecular flexibility index (Phi) is 5.81. The summed E-state index contributed by atoms with van der Waals surface area (Å²) in [5.41, 5.74) is 5.18. The maximum absolute atomic E-state index is 12.7. The Balaban J connectivity index is 2.46. The van der Waals surface area contributed by atoms with Crippen LogP contribution in [-0.4, -0.2) is 49.4 Å². The summed E-state index contributed by atoms with van der Waals surface area (Å²) < 4.78 is 43.2. The van der Waals surface area contributed by atoms with Crippen molar-refractivity contribution in [2.75, 3.05) is 33.4 Å². The minimum Gasteiger partial charge on any atom is -0.393 e. The van der Waals surface area contributed by atoms with Gasteiger partial charge >= 0.3 is 6.18 Å². The molecule has 0 aliphatic carbocycles. The molecule has 1 unspecified atom stereocenters. The lowest BCUT2D eigenvalue weighted by Crippen LogP contribution is -2.46. The Morgan fingerprint density at radius 1 is 1.44 bits per heavy atom. The summed E-state index contributed by atoms with van der Waals surface area (Å²) in [7, 11) is 1.64. The lowest BCUT2D eigenvalue weighted by atomic mass is 9.96. The third-order valence-corrected chi connectivity index (χ3v) is 3.57. The summed E-state index contributed by atoms with van der Waals surface area (Å²) in [5.74, 6) is -1.26. The van der Waals surface area contributed by atoms with Crippen LogP contribution < -0.4 is 5.73 Å². The lowest BCUT2D eigenvalue weighted by Gasteiger charge is -2.34. The molecule has 18 heavy (non-hydrogen) atoms. The van der Waals surface area contributed by atoms with Gasteiger partial charge in [-0.1, -0.05) is 12.2 Å². The van der Waals surface area contributed by atoms with Gasteiger partial charge in [-0.15, -0.1) is 0 Å². The monoisotopic (exact) mass is 284 g/mol. The Labute approximate surface area is 110 Å². The maximum Gasteiger partial charge on any atom is 0.399 e. The van der Waals surface area contributed by atoms with Crippen LogP contribution in [0.15, 0.2) is 0 Å². The van der Waals surface area contributed by atoms with Crippen LogP contribution in [0.1, 0.15) is 12.8 Å². The summed E-state index contributed by atoms with van der Waals surface area (Å²) in [6.07, 6.45) is -2.64. The highest BCUT2D eigenvalue weighted by Gasteiger charge is 2.42. The summed E-state index contributed by atoms with van der Waals surface area (Å²) in [5, 5.41) is 0. The second-order valence-corrected chi connectivity index (χ2v) is 5.17. The predicted octanol–water partition coefficient (Wildman–Crippen LogP) is 1.81. The van der Waals surface area contributed by atoms with Crippen LogP contribution in [0, 0.1) is 11.8 Å². The smallest absolute Gasteiger partial charge is 0.393 e. The van der Waals surface area contributed by atoms with Crippen LogP contribution in [0.25, 0.3) is 0 Å². The van der Waals surface area contributed by atoms with E-state index in [-0.39, 0.29) is 6.54 Å². The van der Waals surface area contributed by atoms with Crippen LogP contribution in [0.4, 0.5) is 13.2 Å². The number of piperidine rings is 1. The van der Waals surface area contributed by atoms with E-state index in [0.29, 0.717) is 25.6 Å². The van der Waals surface area contributed by atoms with Crippen molar-refractivity contribution in [1.29, 1.82) is 0 Å². The second-order valence-electron chi connectivity index (χ2n) is 4.70. The summed E-state index contributed by atoms with van der Waals surface area (Å²) in [6.45, 7) is 1.83. The highest BCUT2D eigenvalue weighted by atomic mass is 32.1. The van der Waals surface area contributed by atoms with Crippen molar-refractivity contribution >= 4 is 17.2 Å². The molecule has 0 saturated carbocycles. The lowest BCUT2D eigenvalue weighted by molar-refractivity contribution is -0.160. The number of rotatable bonds is 5. The van der Waals surface area contributed by atoms with Crippen molar-refractivity contribution in [3.63, 3.8) is 0 Å². The molecule has 1 fully saturated rings. The minimum absolute atomic E-state index is 0.126. The molecule has 0 amide bonds. The van der Waals surface area contributed by atoms with Crippen LogP contribution >= 0.6 is 12.2 Å². The number of hydrogen-bond acceptors (Lipinski definition) is 3. The summed E-state index contributed by atoms with van der Waals surface area (Å²) in [6, 6.07) is 0. The van der Waals surface area contributed by atoms with E-state index in [2.05, 4.69) is 12.2 Å². The van der Waals surface area contributed by atoms with Crippen molar-refractivity contribution in [2.45, 2.75) is 19.0 Å². The van der Waals surface area contributed by atoms with Gasteiger partial charge in [0.05, 0.1) is 4.99 Å². The first kappa shape index (κ1) is 15.7. The molecule has 106 valence electrons. The van der Waals surface area contributed by atoms with Gasteiger partial charge in [0, 0.05) is 20.3 Å². The van der Waals surface area contributed by atoms with Crippen molar-refractivity contribution < 1.29 is 17.9 Å². The summed E-state index contributed by atoms with van der Waals surface area (Å²) >= 11 is 4.51. The van der Waals surface area contributed by atoms with Crippen LogP contribution in [0.2, 0.25) is 0 Å². The van der Waals surface area contributed by atoms with Gasteiger partial charge in [0.15, 0.2) is 0 Å². The molecule has 1 rings (SSSR count). The van der Waals surface area contributed by atoms with E-state index in [0.717, 1.165) is 12.8 Å². The molecule has 7 heteroatoms. The van der Waals surface area contributed by atoms with Gasteiger partial charge in [-0.3, -0.25) is 0 Å². The first-order valence-electron chi connectivity index (χ1n) is 5.92. The zero-order valence-corrected chi connectivity index (χ0v) is 11.2. The van der Waals surface area contributed by atoms with E-state index < -0.39 is 17.1 Å². The van der Waals surface area contributed by atoms with Crippen molar-refractivity contribution in [2.24, 2.45) is 17.6 Å². The molecule has 2 N–H and O–H groups in total. The van der Waals surface area contributed by atoms with Crippen LogP contribution in [0.3, 0.4) is 0 Å². The molecule has 0 bridgehead atoms. The highest BCUT2D eigenvalue weighted by Crippen LogP contribution is 2.28. The molecule has 1 aliphatic heterocycles. The number of alkyl halides is 3. The quantitative estimate of drug-likeness (QED) is 0.782. The van der Waals surface area contributed by atoms with Gasteiger partial charge < -0.3 is 15.4 Å². The average Bonchev–Trinajstić information content (AvgIpc) is 2.26. The fourth-order valence-corrected chi connectivity index (χ4v) is 2.39. The molecule has 1 heterocycles. The zero-order chi connectivity index (χ0) is 13.8. The fourth-order valence-electron chi connectivity index (χ4n) is 2.18. The number of methoxy groups -OCH3 is 1. The summed E-state index contributed by atoms with van der Waals surface area (Å²) in [4.78, 5) is 1.31. The van der Waals surface area contributed by atoms with E-state index in [4.69, 9.17) is 10.5 Å². The Bertz CT molecular complexity index is 278. The number of nitrogens with zero attached hydrogens (tertiary/aromatic N) is 1.